The van der Waals surface area contributed by atoms with Crippen LogP contribution in [0.4, 0.5) is 0 Å². The predicted octanol–water partition coefficient (Wildman–Crippen LogP) is 2.97. The van der Waals surface area contributed by atoms with Gasteiger partial charge < -0.3 is 10.5 Å². The monoisotopic (exact) mass is 360 g/mol. The molecule has 0 bridgehead atoms. The molecule has 2 heterocycles. The molecule has 124 valence electrons. The highest BCUT2D eigenvalue weighted by atomic mass is 32.2. The van der Waals surface area contributed by atoms with E-state index in [4.69, 9.17) is 10.5 Å². The van der Waals surface area contributed by atoms with E-state index < -0.39 is 5.91 Å². The normalized spacial score (nSPS) is 10.7. The molecule has 2 N–H and O–H groups in total. The molecule has 3 aromatic rings. The van der Waals surface area contributed by atoms with E-state index in [0.717, 1.165) is 16.3 Å². The summed E-state index contributed by atoms with van der Waals surface area (Å²) in [5.41, 5.74) is 6.10. The van der Waals surface area contributed by atoms with Gasteiger partial charge in [-0.1, -0.05) is 30.0 Å². The van der Waals surface area contributed by atoms with Crippen molar-refractivity contribution in [3.05, 3.63) is 41.8 Å². The second kappa shape index (κ2) is 7.50. The molecule has 0 fully saturated rings. The van der Waals surface area contributed by atoms with E-state index in [0.29, 0.717) is 17.6 Å². The van der Waals surface area contributed by atoms with Gasteiger partial charge in [-0.05, 0) is 30.5 Å². The summed E-state index contributed by atoms with van der Waals surface area (Å²) in [6.07, 6.45) is 0. The number of carbonyl (C=O) groups is 1. The highest BCUT2D eigenvalue weighted by molar-refractivity contribution is 7.99. The summed E-state index contributed by atoms with van der Waals surface area (Å²) in [6, 6.07) is 11.6. The molecular weight excluding hydrogens is 344 g/mol. The topological polar surface area (TPSA) is 83.0 Å². The number of amides is 1. The summed E-state index contributed by atoms with van der Waals surface area (Å²) in [6.45, 7) is 2.49. The van der Waals surface area contributed by atoms with Gasteiger partial charge in [0, 0.05) is 0 Å². The number of benzene rings is 1. The van der Waals surface area contributed by atoms with Crippen LogP contribution in [0.3, 0.4) is 0 Å². The smallest absolute Gasteiger partial charge is 0.227 e. The van der Waals surface area contributed by atoms with Crippen molar-refractivity contribution in [2.75, 3.05) is 12.4 Å². The van der Waals surface area contributed by atoms with E-state index >= 15 is 0 Å². The largest absolute Gasteiger partial charge is 0.492 e. The molecule has 6 nitrogen and oxygen atoms in total. The van der Waals surface area contributed by atoms with E-state index in [1.165, 1.54) is 11.8 Å². The number of aromatic nitrogens is 3. The third-order valence-corrected chi connectivity index (χ3v) is 4.94. The molecule has 0 aliphatic rings. The minimum atomic E-state index is -0.398. The van der Waals surface area contributed by atoms with Gasteiger partial charge in [-0.15, -0.1) is 21.5 Å². The number of nitrogens with two attached hydrogens (primary N) is 1. The van der Waals surface area contributed by atoms with Crippen molar-refractivity contribution in [3.63, 3.8) is 0 Å². The number of primary amides is 1. The van der Waals surface area contributed by atoms with Gasteiger partial charge in [0.2, 0.25) is 5.91 Å². The quantitative estimate of drug-likeness (QED) is 0.655. The summed E-state index contributed by atoms with van der Waals surface area (Å²) in [4.78, 5) is 12.1. The first-order valence-corrected chi connectivity index (χ1v) is 9.19. The van der Waals surface area contributed by atoms with Crippen LogP contribution in [0.25, 0.3) is 16.4 Å². The van der Waals surface area contributed by atoms with Crippen LogP contribution in [0.1, 0.15) is 6.92 Å². The van der Waals surface area contributed by atoms with Gasteiger partial charge in [-0.2, -0.15) is 0 Å². The number of thioether (sulfide) groups is 1. The first-order chi connectivity index (χ1) is 11.7. The number of para-hydroxylation sites is 2. The molecular formula is C16H16N4O2S2. The van der Waals surface area contributed by atoms with Crippen LogP contribution < -0.4 is 10.5 Å². The Morgan fingerprint density at radius 3 is 2.83 bits per heavy atom. The molecule has 3 rings (SSSR count). The van der Waals surface area contributed by atoms with Crippen LogP contribution in [0.5, 0.6) is 5.75 Å². The molecule has 0 spiro atoms. The van der Waals surface area contributed by atoms with Crippen molar-refractivity contribution < 1.29 is 9.53 Å². The zero-order valence-electron chi connectivity index (χ0n) is 13.0. The average Bonchev–Trinajstić information content (AvgIpc) is 3.23. The number of hydrogen-bond acceptors (Lipinski definition) is 6. The molecule has 0 aliphatic heterocycles. The SMILES string of the molecule is CCOc1ccccc1-n1c(SCC(N)=O)nnc1-c1cccs1. The van der Waals surface area contributed by atoms with Crippen LogP contribution in [-0.4, -0.2) is 33.0 Å². The summed E-state index contributed by atoms with van der Waals surface area (Å²) >= 11 is 2.84. The highest BCUT2D eigenvalue weighted by Gasteiger charge is 2.19. The molecule has 0 saturated heterocycles. The van der Waals surface area contributed by atoms with Crippen LogP contribution >= 0.6 is 23.1 Å². The van der Waals surface area contributed by atoms with E-state index in [1.54, 1.807) is 11.3 Å². The highest BCUT2D eigenvalue weighted by Crippen LogP contribution is 2.34. The Labute approximate surface area is 147 Å². The number of ether oxygens (including phenoxy) is 1. The number of hydrogen-bond donors (Lipinski definition) is 1. The minimum Gasteiger partial charge on any atom is -0.492 e. The number of thiophene rings is 1. The Hall–Kier alpha value is -2.32. The summed E-state index contributed by atoms with van der Waals surface area (Å²) in [5, 5.41) is 11.1. The maximum Gasteiger partial charge on any atom is 0.227 e. The summed E-state index contributed by atoms with van der Waals surface area (Å²) < 4.78 is 7.65. The van der Waals surface area contributed by atoms with E-state index in [1.807, 2.05) is 53.3 Å². The van der Waals surface area contributed by atoms with Gasteiger partial charge in [-0.3, -0.25) is 9.36 Å². The van der Waals surface area contributed by atoms with Gasteiger partial charge in [-0.25, -0.2) is 0 Å². The molecule has 24 heavy (non-hydrogen) atoms. The standard InChI is InChI=1S/C16H16N4O2S2/c1-2-22-12-7-4-3-6-11(12)20-15(13-8-5-9-23-13)18-19-16(20)24-10-14(17)21/h3-9H,2,10H2,1H3,(H2,17,21). The lowest BCUT2D eigenvalue weighted by Crippen LogP contribution is -2.14. The third kappa shape index (κ3) is 3.44. The molecule has 0 aliphatic carbocycles. The Kier molecular flexibility index (Phi) is 5.17. The maximum atomic E-state index is 11.1. The van der Waals surface area contributed by atoms with E-state index in [9.17, 15) is 4.79 Å². The molecule has 1 amide bonds. The van der Waals surface area contributed by atoms with Crippen LogP contribution in [0.2, 0.25) is 0 Å². The van der Waals surface area contributed by atoms with Crippen molar-refractivity contribution in [2.45, 2.75) is 12.1 Å². The number of rotatable bonds is 7. The van der Waals surface area contributed by atoms with Crippen molar-refractivity contribution in [1.29, 1.82) is 0 Å². The first-order valence-electron chi connectivity index (χ1n) is 7.33. The second-order valence-electron chi connectivity index (χ2n) is 4.77. The van der Waals surface area contributed by atoms with Gasteiger partial charge in [0.15, 0.2) is 11.0 Å². The Bertz CT molecular complexity index is 830. The fraction of sp³-hybridized carbons (Fsp3) is 0.188. The average molecular weight is 360 g/mol. The molecule has 0 atom stereocenters. The lowest BCUT2D eigenvalue weighted by atomic mass is 10.3. The zero-order valence-corrected chi connectivity index (χ0v) is 14.6. The van der Waals surface area contributed by atoms with Crippen molar-refractivity contribution in [1.82, 2.24) is 14.8 Å². The van der Waals surface area contributed by atoms with Crippen molar-refractivity contribution in [2.24, 2.45) is 5.73 Å². The number of nitrogens with zero attached hydrogens (tertiary/aromatic N) is 3. The van der Waals surface area contributed by atoms with Crippen molar-refractivity contribution >= 4 is 29.0 Å². The van der Waals surface area contributed by atoms with E-state index in [-0.39, 0.29) is 5.75 Å². The molecule has 0 saturated carbocycles. The van der Waals surface area contributed by atoms with E-state index in [2.05, 4.69) is 10.2 Å². The minimum absolute atomic E-state index is 0.138. The lowest BCUT2D eigenvalue weighted by Gasteiger charge is -2.14. The Morgan fingerprint density at radius 2 is 2.12 bits per heavy atom. The first kappa shape index (κ1) is 16.5. The Balaban J connectivity index is 2.13. The van der Waals surface area contributed by atoms with Crippen molar-refractivity contribution in [3.8, 4) is 22.1 Å². The molecule has 0 radical (unpaired) electrons. The van der Waals surface area contributed by atoms with Crippen LogP contribution in [-0.2, 0) is 4.79 Å². The van der Waals surface area contributed by atoms with Gasteiger partial charge in [0.25, 0.3) is 0 Å². The van der Waals surface area contributed by atoms with Gasteiger partial charge in [0.05, 0.1) is 22.9 Å². The molecule has 0 unspecified atom stereocenters. The van der Waals surface area contributed by atoms with Crippen LogP contribution in [0, 0.1) is 0 Å². The second-order valence-corrected chi connectivity index (χ2v) is 6.66. The zero-order chi connectivity index (χ0) is 16.9. The fourth-order valence-electron chi connectivity index (χ4n) is 2.20. The lowest BCUT2D eigenvalue weighted by molar-refractivity contribution is -0.115. The Morgan fingerprint density at radius 1 is 1.29 bits per heavy atom. The van der Waals surface area contributed by atoms with Gasteiger partial charge in [0.1, 0.15) is 5.75 Å². The molecule has 1 aromatic carbocycles. The van der Waals surface area contributed by atoms with Gasteiger partial charge >= 0.3 is 0 Å². The third-order valence-electron chi connectivity index (χ3n) is 3.12. The summed E-state index contributed by atoms with van der Waals surface area (Å²) in [7, 11) is 0. The summed E-state index contributed by atoms with van der Waals surface area (Å²) in [5.74, 6) is 1.19. The predicted molar refractivity (Wildman–Crippen MR) is 95.8 cm³/mol. The maximum absolute atomic E-state index is 11.1. The fourth-order valence-corrected chi connectivity index (χ4v) is 3.58. The molecule has 8 heteroatoms. The van der Waals surface area contributed by atoms with Crippen LogP contribution in [0.15, 0.2) is 46.9 Å². The number of carbonyl (C=O) groups excluding carboxylic acids is 1. The molecule has 2 aromatic heterocycles.